The summed E-state index contributed by atoms with van der Waals surface area (Å²) in [7, 11) is 0. The van der Waals surface area contributed by atoms with Gasteiger partial charge in [0.15, 0.2) is 0 Å². The lowest BCUT2D eigenvalue weighted by Gasteiger charge is -2.16. The molecule has 2 aromatic carbocycles. The van der Waals surface area contributed by atoms with E-state index in [9.17, 15) is 9.59 Å². The summed E-state index contributed by atoms with van der Waals surface area (Å²) in [6, 6.07) is 21.6. The van der Waals surface area contributed by atoms with E-state index in [1.54, 1.807) is 4.57 Å². The summed E-state index contributed by atoms with van der Waals surface area (Å²) in [5.41, 5.74) is 3.15. The van der Waals surface area contributed by atoms with E-state index >= 15 is 0 Å². The second-order valence-corrected chi connectivity index (χ2v) is 9.33. The summed E-state index contributed by atoms with van der Waals surface area (Å²) >= 11 is 0. The summed E-state index contributed by atoms with van der Waals surface area (Å²) in [5.74, 6) is 0.967. The third-order valence-corrected chi connectivity index (χ3v) is 6.67. The number of benzene rings is 2. The lowest BCUT2D eigenvalue weighted by atomic mass is 10.1. The number of nitrogens with zero attached hydrogens (tertiary/aromatic N) is 3. The van der Waals surface area contributed by atoms with Crippen LogP contribution in [-0.2, 0) is 24.3 Å². The van der Waals surface area contributed by atoms with Crippen LogP contribution in [0.25, 0.3) is 10.8 Å². The summed E-state index contributed by atoms with van der Waals surface area (Å²) in [6.45, 7) is 3.40. The molecule has 37 heavy (non-hydrogen) atoms. The Morgan fingerprint density at radius 1 is 1.00 bits per heavy atom. The van der Waals surface area contributed by atoms with Crippen molar-refractivity contribution >= 4 is 22.4 Å². The van der Waals surface area contributed by atoms with Gasteiger partial charge in [0.1, 0.15) is 5.75 Å². The molecule has 0 saturated carbocycles. The van der Waals surface area contributed by atoms with Crippen LogP contribution in [0, 0.1) is 0 Å². The van der Waals surface area contributed by atoms with Gasteiger partial charge < -0.3 is 19.5 Å². The highest BCUT2D eigenvalue weighted by molar-refractivity contribution is 5.95. The summed E-state index contributed by atoms with van der Waals surface area (Å²) in [6.07, 6.45) is 6.91. The number of aryl methyl sites for hydroxylation is 1. The number of pyridine rings is 2. The molecule has 1 aliphatic heterocycles. The Morgan fingerprint density at radius 3 is 2.81 bits per heavy atom. The van der Waals surface area contributed by atoms with Gasteiger partial charge in [0.05, 0.1) is 6.61 Å². The molecule has 4 aromatic rings. The molecule has 1 fully saturated rings. The normalized spacial score (nSPS) is 13.4. The molecule has 1 aliphatic rings. The molecular formula is C30H32N4O3. The zero-order valence-corrected chi connectivity index (χ0v) is 20.9. The molecule has 5 rings (SSSR count). The number of amides is 1. The maximum Gasteiger partial charge on any atom is 0.258 e. The van der Waals surface area contributed by atoms with E-state index in [2.05, 4.69) is 16.4 Å². The second kappa shape index (κ2) is 11.8. The molecule has 3 heterocycles. The van der Waals surface area contributed by atoms with Crippen LogP contribution in [0.1, 0.15) is 30.5 Å². The molecule has 2 aromatic heterocycles. The lowest BCUT2D eigenvalue weighted by Crippen LogP contribution is -2.26. The number of anilines is 1. The molecule has 1 N–H and O–H groups in total. The zero-order chi connectivity index (χ0) is 25.5. The van der Waals surface area contributed by atoms with Crippen LogP contribution in [0.5, 0.6) is 5.75 Å². The molecule has 0 spiro atoms. The molecule has 0 atom stereocenters. The number of nitrogens with one attached hydrogen (secondary N) is 1. The maximum atomic E-state index is 12.6. The Morgan fingerprint density at radius 2 is 1.92 bits per heavy atom. The Balaban J connectivity index is 1.06. The van der Waals surface area contributed by atoms with E-state index in [-0.39, 0.29) is 11.5 Å². The molecule has 1 saturated heterocycles. The van der Waals surface area contributed by atoms with Crippen molar-refractivity contribution in [2.75, 3.05) is 24.6 Å². The smallest absolute Gasteiger partial charge is 0.258 e. The first-order chi connectivity index (χ1) is 18.2. The van der Waals surface area contributed by atoms with E-state index in [0.717, 1.165) is 60.3 Å². The molecule has 190 valence electrons. The Labute approximate surface area is 216 Å². The van der Waals surface area contributed by atoms with E-state index < -0.39 is 0 Å². The van der Waals surface area contributed by atoms with Gasteiger partial charge in [-0.05, 0) is 66.6 Å². The fourth-order valence-electron chi connectivity index (χ4n) is 4.72. The average molecular weight is 497 g/mol. The first-order valence-electron chi connectivity index (χ1n) is 12.9. The van der Waals surface area contributed by atoms with E-state index in [4.69, 9.17) is 4.74 Å². The van der Waals surface area contributed by atoms with Crippen LogP contribution in [0.15, 0.2) is 83.9 Å². The summed E-state index contributed by atoms with van der Waals surface area (Å²) in [4.78, 5) is 31.0. The predicted molar refractivity (Wildman–Crippen MR) is 146 cm³/mol. The minimum atomic E-state index is 0.0459. The fraction of sp³-hybridized carbons (Fsp3) is 0.300. The molecule has 0 aliphatic carbocycles. The SMILES string of the molecule is O=C1CCCN1c1cccc(OCCCc2cc(CNCCn3ccc4ccccc4c3=O)ccn2)c1. The minimum absolute atomic E-state index is 0.0459. The van der Waals surface area contributed by atoms with E-state index in [1.165, 1.54) is 5.56 Å². The predicted octanol–water partition coefficient (Wildman–Crippen LogP) is 4.32. The van der Waals surface area contributed by atoms with Crippen molar-refractivity contribution in [1.29, 1.82) is 0 Å². The second-order valence-electron chi connectivity index (χ2n) is 9.33. The number of carbonyl (C=O) groups is 1. The van der Waals surface area contributed by atoms with Crippen LogP contribution >= 0.6 is 0 Å². The van der Waals surface area contributed by atoms with Gasteiger partial charge in [0.2, 0.25) is 5.91 Å². The fourth-order valence-corrected chi connectivity index (χ4v) is 4.72. The first kappa shape index (κ1) is 24.7. The molecule has 7 nitrogen and oxygen atoms in total. The lowest BCUT2D eigenvalue weighted by molar-refractivity contribution is -0.117. The quantitative estimate of drug-likeness (QED) is 0.313. The largest absolute Gasteiger partial charge is 0.494 e. The van der Waals surface area contributed by atoms with Crippen LogP contribution in [-0.4, -0.2) is 35.2 Å². The van der Waals surface area contributed by atoms with Crippen molar-refractivity contribution in [1.82, 2.24) is 14.9 Å². The van der Waals surface area contributed by atoms with Gasteiger partial charge >= 0.3 is 0 Å². The van der Waals surface area contributed by atoms with Gasteiger partial charge in [0.25, 0.3) is 5.56 Å². The molecular weight excluding hydrogens is 464 g/mol. The average Bonchev–Trinajstić information content (AvgIpc) is 3.36. The molecule has 7 heteroatoms. The highest BCUT2D eigenvalue weighted by Crippen LogP contribution is 2.25. The van der Waals surface area contributed by atoms with Gasteiger partial charge in [-0.15, -0.1) is 0 Å². The molecule has 1 amide bonds. The van der Waals surface area contributed by atoms with Crippen LogP contribution in [0.2, 0.25) is 0 Å². The van der Waals surface area contributed by atoms with Crippen LogP contribution in [0.4, 0.5) is 5.69 Å². The van der Waals surface area contributed by atoms with Crippen molar-refractivity contribution in [2.24, 2.45) is 0 Å². The van der Waals surface area contributed by atoms with E-state index in [0.29, 0.717) is 26.1 Å². The monoisotopic (exact) mass is 496 g/mol. The number of hydrogen-bond acceptors (Lipinski definition) is 5. The van der Waals surface area contributed by atoms with Crippen molar-refractivity contribution in [3.63, 3.8) is 0 Å². The van der Waals surface area contributed by atoms with E-state index in [1.807, 2.05) is 78.0 Å². The Bertz CT molecular complexity index is 1430. The van der Waals surface area contributed by atoms with Crippen molar-refractivity contribution in [3.05, 3.63) is 101 Å². The summed E-state index contributed by atoms with van der Waals surface area (Å²) in [5, 5.41) is 5.16. The van der Waals surface area contributed by atoms with Gasteiger partial charge in [-0.25, -0.2) is 0 Å². The highest BCUT2D eigenvalue weighted by Gasteiger charge is 2.21. The molecule has 0 radical (unpaired) electrons. The third kappa shape index (κ3) is 6.24. The molecule has 0 bridgehead atoms. The van der Waals surface area contributed by atoms with Gasteiger partial charge in [-0.3, -0.25) is 14.6 Å². The molecule has 0 unspecified atom stereocenters. The number of hydrogen-bond donors (Lipinski definition) is 1. The zero-order valence-electron chi connectivity index (χ0n) is 20.9. The number of rotatable bonds is 11. The standard InChI is InChI=1S/C30H32N4O3/c35-29-11-4-16-34(29)26-8-3-9-27(21-26)37-19-5-7-25-20-23(12-14-32-25)22-31-15-18-33-17-13-24-6-1-2-10-28(24)30(33)36/h1-3,6,8-10,12-14,17,20-21,31H,4-5,7,11,15-16,18-19,22H2. The number of carbonyl (C=O) groups excluding carboxylic acids is 1. The van der Waals surface area contributed by atoms with Crippen molar-refractivity contribution < 1.29 is 9.53 Å². The van der Waals surface area contributed by atoms with Gasteiger partial charge in [-0.2, -0.15) is 0 Å². The van der Waals surface area contributed by atoms with Crippen LogP contribution in [0.3, 0.4) is 0 Å². The first-order valence-corrected chi connectivity index (χ1v) is 12.9. The summed E-state index contributed by atoms with van der Waals surface area (Å²) < 4.78 is 7.70. The number of fused-ring (bicyclic) bond motifs is 1. The minimum Gasteiger partial charge on any atom is -0.494 e. The third-order valence-electron chi connectivity index (χ3n) is 6.67. The van der Waals surface area contributed by atoms with Crippen molar-refractivity contribution in [3.8, 4) is 5.75 Å². The Hall–Kier alpha value is -3.97. The van der Waals surface area contributed by atoms with Gasteiger partial charge in [0, 0.05) is 67.8 Å². The number of ether oxygens (including phenoxy) is 1. The topological polar surface area (TPSA) is 76.5 Å². The van der Waals surface area contributed by atoms with Crippen LogP contribution < -0.4 is 20.5 Å². The number of aromatic nitrogens is 2. The van der Waals surface area contributed by atoms with Gasteiger partial charge in [-0.1, -0.05) is 24.3 Å². The van der Waals surface area contributed by atoms with Crippen molar-refractivity contribution in [2.45, 2.75) is 38.8 Å². The Kier molecular flexibility index (Phi) is 7.91. The maximum absolute atomic E-state index is 12.6. The highest BCUT2D eigenvalue weighted by atomic mass is 16.5.